The van der Waals surface area contributed by atoms with Gasteiger partial charge in [0.2, 0.25) is 5.91 Å². The highest BCUT2D eigenvalue weighted by Gasteiger charge is 2.33. The predicted octanol–water partition coefficient (Wildman–Crippen LogP) is 2.44. The van der Waals surface area contributed by atoms with Crippen LogP contribution in [0.15, 0.2) is 24.4 Å². The molecule has 1 N–H and O–H groups in total. The highest BCUT2D eigenvalue weighted by Crippen LogP contribution is 2.38. The highest BCUT2D eigenvalue weighted by atomic mass is 35.5. The van der Waals surface area contributed by atoms with Gasteiger partial charge in [-0.2, -0.15) is 5.10 Å². The second kappa shape index (κ2) is 5.63. The van der Waals surface area contributed by atoms with Crippen molar-refractivity contribution in [1.82, 2.24) is 24.5 Å². The van der Waals surface area contributed by atoms with Crippen molar-refractivity contribution in [3.63, 3.8) is 0 Å². The minimum atomic E-state index is -0.156. The van der Waals surface area contributed by atoms with E-state index in [2.05, 4.69) is 14.8 Å². The molecule has 24 heavy (non-hydrogen) atoms. The SMILES string of the molecule is CCc1nn(C)c(Cl)c1[C@H]1CC(=O)NCc2nc3ccccn3c21. The van der Waals surface area contributed by atoms with Gasteiger partial charge in [-0.1, -0.05) is 24.6 Å². The number of fused-ring (bicyclic) bond motifs is 3. The van der Waals surface area contributed by atoms with Gasteiger partial charge in [0, 0.05) is 31.1 Å². The average molecular weight is 344 g/mol. The summed E-state index contributed by atoms with van der Waals surface area (Å²) in [6, 6.07) is 5.90. The molecule has 0 bridgehead atoms. The molecule has 7 heteroatoms. The number of halogens is 1. The number of carbonyl (C=O) groups excluding carboxylic acids is 1. The zero-order valence-corrected chi connectivity index (χ0v) is 14.3. The molecule has 0 unspecified atom stereocenters. The van der Waals surface area contributed by atoms with E-state index < -0.39 is 0 Å². The minimum Gasteiger partial charge on any atom is -0.350 e. The number of amides is 1. The minimum absolute atomic E-state index is 0.00431. The van der Waals surface area contributed by atoms with Crippen LogP contribution in [0.2, 0.25) is 5.15 Å². The number of carbonyl (C=O) groups is 1. The lowest BCUT2D eigenvalue weighted by molar-refractivity contribution is -0.121. The first-order chi connectivity index (χ1) is 11.6. The van der Waals surface area contributed by atoms with Crippen molar-refractivity contribution in [3.8, 4) is 0 Å². The molecule has 1 atom stereocenters. The Kier molecular flexibility index (Phi) is 3.57. The number of rotatable bonds is 2. The van der Waals surface area contributed by atoms with Crippen molar-refractivity contribution in [2.75, 3.05) is 0 Å². The molecule has 6 nitrogen and oxygen atoms in total. The summed E-state index contributed by atoms with van der Waals surface area (Å²) in [5.74, 6) is -0.152. The molecule has 0 spiro atoms. The molecule has 0 aromatic carbocycles. The molecular formula is C17H18ClN5O. The Morgan fingerprint density at radius 2 is 2.25 bits per heavy atom. The molecule has 4 heterocycles. The Morgan fingerprint density at radius 1 is 1.42 bits per heavy atom. The number of nitrogens with zero attached hydrogens (tertiary/aromatic N) is 4. The summed E-state index contributed by atoms with van der Waals surface area (Å²) in [4.78, 5) is 17.0. The molecular weight excluding hydrogens is 326 g/mol. The van der Waals surface area contributed by atoms with E-state index in [0.717, 1.165) is 34.7 Å². The lowest BCUT2D eigenvalue weighted by Gasteiger charge is -2.16. The number of hydrogen-bond acceptors (Lipinski definition) is 3. The monoisotopic (exact) mass is 343 g/mol. The van der Waals surface area contributed by atoms with Crippen LogP contribution in [-0.2, 0) is 24.8 Å². The molecule has 4 rings (SSSR count). The zero-order chi connectivity index (χ0) is 16.8. The maximum absolute atomic E-state index is 12.3. The van der Waals surface area contributed by atoms with Gasteiger partial charge in [0.25, 0.3) is 0 Å². The van der Waals surface area contributed by atoms with E-state index in [4.69, 9.17) is 16.6 Å². The standard InChI is InChI=1S/C17H18ClN5O/c1-3-11-15(17(18)22(2)21-11)10-8-14(24)19-9-12-16(10)23-7-5-4-6-13(23)20-12/h4-7,10H,3,8-9H2,1-2H3,(H,19,24)/t10-/m1/s1. The van der Waals surface area contributed by atoms with Gasteiger partial charge in [-0.25, -0.2) is 4.98 Å². The molecule has 1 aliphatic rings. The van der Waals surface area contributed by atoms with Crippen LogP contribution in [0.25, 0.3) is 5.65 Å². The van der Waals surface area contributed by atoms with Crippen molar-refractivity contribution in [2.24, 2.45) is 7.05 Å². The van der Waals surface area contributed by atoms with Crippen LogP contribution in [0.4, 0.5) is 0 Å². The fraction of sp³-hybridized carbons (Fsp3) is 0.353. The van der Waals surface area contributed by atoms with Gasteiger partial charge in [0.15, 0.2) is 0 Å². The van der Waals surface area contributed by atoms with Crippen LogP contribution in [0.1, 0.15) is 41.9 Å². The van der Waals surface area contributed by atoms with Crippen LogP contribution in [0, 0.1) is 0 Å². The molecule has 0 saturated carbocycles. The highest BCUT2D eigenvalue weighted by molar-refractivity contribution is 6.30. The fourth-order valence-electron chi connectivity index (χ4n) is 3.52. The number of aryl methyl sites for hydroxylation is 2. The van der Waals surface area contributed by atoms with E-state index >= 15 is 0 Å². The quantitative estimate of drug-likeness (QED) is 0.777. The normalized spacial score (nSPS) is 17.6. The first kappa shape index (κ1) is 15.2. The molecule has 0 radical (unpaired) electrons. The van der Waals surface area contributed by atoms with Crippen LogP contribution in [0.5, 0.6) is 0 Å². The average Bonchev–Trinajstić information content (AvgIpc) is 3.03. The molecule has 0 fully saturated rings. The lowest BCUT2D eigenvalue weighted by atomic mass is 9.91. The molecule has 3 aromatic rings. The molecule has 3 aromatic heterocycles. The topological polar surface area (TPSA) is 64.2 Å². The van der Waals surface area contributed by atoms with Crippen molar-refractivity contribution in [1.29, 1.82) is 0 Å². The first-order valence-corrected chi connectivity index (χ1v) is 8.41. The van der Waals surface area contributed by atoms with E-state index in [9.17, 15) is 4.79 Å². The van der Waals surface area contributed by atoms with Gasteiger partial charge in [-0.05, 0) is 18.6 Å². The second-order valence-corrected chi connectivity index (χ2v) is 6.39. The Bertz CT molecular complexity index is 942. The van der Waals surface area contributed by atoms with E-state index in [-0.39, 0.29) is 11.8 Å². The summed E-state index contributed by atoms with van der Waals surface area (Å²) >= 11 is 6.55. The molecule has 0 aliphatic carbocycles. The zero-order valence-electron chi connectivity index (χ0n) is 13.6. The molecule has 1 amide bonds. The summed E-state index contributed by atoms with van der Waals surface area (Å²) < 4.78 is 3.74. The van der Waals surface area contributed by atoms with E-state index in [0.29, 0.717) is 18.1 Å². The lowest BCUT2D eigenvalue weighted by Crippen LogP contribution is -2.21. The third kappa shape index (κ3) is 2.21. The number of nitrogens with one attached hydrogen (secondary N) is 1. The maximum atomic E-state index is 12.3. The molecule has 0 saturated heterocycles. The Hall–Kier alpha value is -2.34. The van der Waals surface area contributed by atoms with Crippen LogP contribution in [0.3, 0.4) is 0 Å². The summed E-state index contributed by atoms with van der Waals surface area (Å²) in [5, 5.41) is 8.05. The fourth-order valence-corrected chi connectivity index (χ4v) is 3.79. The molecule has 124 valence electrons. The third-order valence-electron chi connectivity index (χ3n) is 4.59. The van der Waals surface area contributed by atoms with E-state index in [1.807, 2.05) is 38.4 Å². The van der Waals surface area contributed by atoms with E-state index in [1.165, 1.54) is 0 Å². The Balaban J connectivity index is 2.00. The first-order valence-electron chi connectivity index (χ1n) is 8.04. The van der Waals surface area contributed by atoms with Gasteiger partial charge in [-0.15, -0.1) is 0 Å². The number of aromatic nitrogens is 4. The second-order valence-electron chi connectivity index (χ2n) is 6.03. The largest absolute Gasteiger partial charge is 0.350 e. The summed E-state index contributed by atoms with van der Waals surface area (Å²) in [6.07, 6.45) is 3.09. The number of hydrogen-bond donors (Lipinski definition) is 1. The van der Waals surface area contributed by atoms with Gasteiger partial charge in [0.05, 0.1) is 23.6 Å². The smallest absolute Gasteiger partial charge is 0.221 e. The van der Waals surface area contributed by atoms with Gasteiger partial charge in [-0.3, -0.25) is 9.48 Å². The van der Waals surface area contributed by atoms with Crippen molar-refractivity contribution < 1.29 is 4.79 Å². The van der Waals surface area contributed by atoms with Crippen molar-refractivity contribution >= 4 is 23.2 Å². The molecule has 1 aliphatic heterocycles. The van der Waals surface area contributed by atoms with E-state index in [1.54, 1.807) is 4.68 Å². The summed E-state index contributed by atoms with van der Waals surface area (Å²) in [7, 11) is 1.83. The van der Waals surface area contributed by atoms with Gasteiger partial charge in [0.1, 0.15) is 10.8 Å². The van der Waals surface area contributed by atoms with Gasteiger partial charge < -0.3 is 9.72 Å². The van der Waals surface area contributed by atoms with Crippen LogP contribution in [-0.4, -0.2) is 25.1 Å². The number of pyridine rings is 1. The van der Waals surface area contributed by atoms with Crippen molar-refractivity contribution in [2.45, 2.75) is 32.2 Å². The van der Waals surface area contributed by atoms with Crippen LogP contribution >= 0.6 is 11.6 Å². The van der Waals surface area contributed by atoms with Crippen molar-refractivity contribution in [3.05, 3.63) is 52.2 Å². The van der Waals surface area contributed by atoms with Crippen LogP contribution < -0.4 is 5.32 Å². The number of imidazole rings is 1. The third-order valence-corrected chi connectivity index (χ3v) is 5.04. The Labute approximate surface area is 144 Å². The van der Waals surface area contributed by atoms with Gasteiger partial charge >= 0.3 is 0 Å². The summed E-state index contributed by atoms with van der Waals surface area (Å²) in [5.41, 5.74) is 4.65. The summed E-state index contributed by atoms with van der Waals surface area (Å²) in [6.45, 7) is 2.49. The predicted molar refractivity (Wildman–Crippen MR) is 91.1 cm³/mol. The Morgan fingerprint density at radius 3 is 3.04 bits per heavy atom. The maximum Gasteiger partial charge on any atom is 0.221 e.